The van der Waals surface area contributed by atoms with E-state index in [1.54, 1.807) is 46.6 Å². The predicted octanol–water partition coefficient (Wildman–Crippen LogP) is 5.75. The first-order valence-electron chi connectivity index (χ1n) is 8.71. The molecule has 0 amide bonds. The van der Waals surface area contributed by atoms with Crippen molar-refractivity contribution < 1.29 is 4.39 Å². The van der Waals surface area contributed by atoms with Crippen LogP contribution in [-0.4, -0.2) is 21.7 Å². The summed E-state index contributed by atoms with van der Waals surface area (Å²) in [5.74, 6) is 0.497. The van der Waals surface area contributed by atoms with E-state index in [9.17, 15) is 4.39 Å². The van der Waals surface area contributed by atoms with Crippen molar-refractivity contribution in [1.29, 1.82) is 0 Å². The summed E-state index contributed by atoms with van der Waals surface area (Å²) in [6, 6.07) is 16.8. The number of halogens is 1. The van der Waals surface area contributed by atoms with Crippen LogP contribution in [0.15, 0.2) is 64.3 Å². The summed E-state index contributed by atoms with van der Waals surface area (Å²) in [5.41, 5.74) is 3.22. The quantitative estimate of drug-likeness (QED) is 0.362. The summed E-state index contributed by atoms with van der Waals surface area (Å²) in [6.07, 6.45) is 0.952. The maximum Gasteiger partial charge on any atom is 0.206 e. The van der Waals surface area contributed by atoms with Crippen molar-refractivity contribution in [3.63, 3.8) is 0 Å². The molecule has 0 aliphatic carbocycles. The Balaban J connectivity index is 1.27. The average molecular weight is 429 g/mol. The number of aromatic nitrogens is 3. The molecule has 0 atom stereocenters. The van der Waals surface area contributed by atoms with Crippen LogP contribution in [0.4, 0.5) is 9.52 Å². The fourth-order valence-corrected chi connectivity index (χ4v) is 5.13. The summed E-state index contributed by atoms with van der Waals surface area (Å²) in [5, 5.41) is 15.5. The number of nitrogens with zero attached hydrogens (tertiary/aromatic N) is 3. The highest BCUT2D eigenvalue weighted by atomic mass is 32.2. The van der Waals surface area contributed by atoms with Crippen molar-refractivity contribution >= 4 is 39.6 Å². The standard InChI is InChI=1S/C20H17FN4S3/c21-16-8-6-15(7-9-16)18-23-17(12-26-18)13-27-20-25-24-19(28-20)22-11-10-14-4-2-1-3-5-14/h1-9,12H,10-11,13H2,(H,22,24). The average Bonchev–Trinajstić information content (AvgIpc) is 3.37. The van der Waals surface area contributed by atoms with Crippen molar-refractivity contribution in [3.8, 4) is 10.6 Å². The number of rotatable bonds is 8. The van der Waals surface area contributed by atoms with Crippen LogP contribution in [0.1, 0.15) is 11.3 Å². The molecule has 0 bridgehead atoms. The molecule has 2 aromatic heterocycles. The van der Waals surface area contributed by atoms with E-state index < -0.39 is 0 Å². The van der Waals surface area contributed by atoms with Crippen molar-refractivity contribution in [2.75, 3.05) is 11.9 Å². The third-order valence-electron chi connectivity index (χ3n) is 3.93. The first-order chi connectivity index (χ1) is 13.8. The van der Waals surface area contributed by atoms with Gasteiger partial charge in [0.25, 0.3) is 0 Å². The normalized spacial score (nSPS) is 10.9. The van der Waals surface area contributed by atoms with Crippen LogP contribution in [0.2, 0.25) is 0 Å². The highest BCUT2D eigenvalue weighted by Gasteiger charge is 2.09. The molecule has 0 unspecified atom stereocenters. The lowest BCUT2D eigenvalue weighted by molar-refractivity contribution is 0.628. The van der Waals surface area contributed by atoms with Gasteiger partial charge in [-0.25, -0.2) is 9.37 Å². The van der Waals surface area contributed by atoms with E-state index in [0.717, 1.165) is 44.5 Å². The minimum atomic E-state index is -0.236. The summed E-state index contributed by atoms with van der Waals surface area (Å²) >= 11 is 4.75. The van der Waals surface area contributed by atoms with Gasteiger partial charge in [0.2, 0.25) is 5.13 Å². The van der Waals surface area contributed by atoms with Gasteiger partial charge in [0.05, 0.1) is 5.69 Å². The van der Waals surface area contributed by atoms with Gasteiger partial charge in [-0.1, -0.05) is 53.4 Å². The molecule has 0 radical (unpaired) electrons. The third kappa shape index (κ3) is 5.15. The Hall–Kier alpha value is -2.29. The number of hydrogen-bond donors (Lipinski definition) is 1. The van der Waals surface area contributed by atoms with E-state index in [2.05, 4.69) is 44.8 Å². The van der Waals surface area contributed by atoms with Gasteiger partial charge in [-0.05, 0) is 36.2 Å². The summed E-state index contributed by atoms with van der Waals surface area (Å²) in [7, 11) is 0. The van der Waals surface area contributed by atoms with Crippen molar-refractivity contribution in [3.05, 3.63) is 77.1 Å². The Morgan fingerprint density at radius 2 is 1.82 bits per heavy atom. The van der Waals surface area contributed by atoms with Crippen LogP contribution in [0.3, 0.4) is 0 Å². The number of anilines is 1. The van der Waals surface area contributed by atoms with Gasteiger partial charge in [-0.15, -0.1) is 21.5 Å². The van der Waals surface area contributed by atoms with Crippen molar-refractivity contribution in [2.24, 2.45) is 0 Å². The molecular formula is C20H17FN4S3. The largest absolute Gasteiger partial charge is 0.360 e. The van der Waals surface area contributed by atoms with Crippen LogP contribution in [0.25, 0.3) is 10.6 Å². The molecule has 0 aliphatic rings. The zero-order valence-electron chi connectivity index (χ0n) is 14.8. The molecule has 0 spiro atoms. The first-order valence-corrected chi connectivity index (χ1v) is 11.4. The topological polar surface area (TPSA) is 50.7 Å². The summed E-state index contributed by atoms with van der Waals surface area (Å²) in [4.78, 5) is 4.63. The Bertz CT molecular complexity index is 1020. The zero-order chi connectivity index (χ0) is 19.2. The summed E-state index contributed by atoms with van der Waals surface area (Å²) < 4.78 is 14.0. The minimum absolute atomic E-state index is 0.236. The molecule has 2 aromatic carbocycles. The van der Waals surface area contributed by atoms with Crippen LogP contribution < -0.4 is 5.32 Å². The second kappa shape index (κ2) is 9.27. The SMILES string of the molecule is Fc1ccc(-c2nc(CSc3nnc(NCCc4ccccc4)s3)cs2)cc1. The minimum Gasteiger partial charge on any atom is -0.360 e. The Kier molecular flexibility index (Phi) is 6.31. The van der Waals surface area contributed by atoms with E-state index in [4.69, 9.17) is 0 Å². The second-order valence-corrected chi connectivity index (χ2v) is 9.03. The van der Waals surface area contributed by atoms with E-state index in [0.29, 0.717) is 0 Å². The van der Waals surface area contributed by atoms with Crippen molar-refractivity contribution in [1.82, 2.24) is 15.2 Å². The Morgan fingerprint density at radius 1 is 1.00 bits per heavy atom. The van der Waals surface area contributed by atoms with Crippen LogP contribution in [0, 0.1) is 5.82 Å². The maximum absolute atomic E-state index is 13.0. The number of benzene rings is 2. The van der Waals surface area contributed by atoms with Gasteiger partial charge >= 0.3 is 0 Å². The lowest BCUT2D eigenvalue weighted by Crippen LogP contribution is -2.04. The van der Waals surface area contributed by atoms with E-state index in [1.165, 1.54) is 17.7 Å². The molecule has 4 nitrogen and oxygen atoms in total. The van der Waals surface area contributed by atoms with Gasteiger partial charge < -0.3 is 5.32 Å². The molecular weight excluding hydrogens is 411 g/mol. The highest BCUT2D eigenvalue weighted by Crippen LogP contribution is 2.30. The third-order valence-corrected chi connectivity index (χ3v) is 6.91. The number of thiazole rings is 1. The van der Waals surface area contributed by atoms with Crippen molar-refractivity contribution in [2.45, 2.75) is 16.5 Å². The molecule has 2 heterocycles. The Morgan fingerprint density at radius 3 is 2.64 bits per heavy atom. The first kappa shape index (κ1) is 19.0. The molecule has 4 aromatic rings. The van der Waals surface area contributed by atoms with Gasteiger partial charge in [0, 0.05) is 23.2 Å². The number of thioether (sulfide) groups is 1. The highest BCUT2D eigenvalue weighted by molar-refractivity contribution is 8.00. The maximum atomic E-state index is 13.0. The molecule has 28 heavy (non-hydrogen) atoms. The second-order valence-electron chi connectivity index (χ2n) is 5.98. The fourth-order valence-electron chi connectivity index (χ4n) is 2.53. The molecule has 0 saturated carbocycles. The zero-order valence-corrected chi connectivity index (χ0v) is 17.3. The van der Waals surface area contributed by atoms with E-state index in [-0.39, 0.29) is 5.82 Å². The molecule has 8 heteroatoms. The number of hydrogen-bond acceptors (Lipinski definition) is 7. The Labute approximate surface area is 174 Å². The summed E-state index contributed by atoms with van der Waals surface area (Å²) in [6.45, 7) is 0.830. The lowest BCUT2D eigenvalue weighted by Gasteiger charge is -2.01. The van der Waals surface area contributed by atoms with Gasteiger partial charge in [-0.3, -0.25) is 0 Å². The molecule has 0 fully saturated rings. The van der Waals surface area contributed by atoms with Crippen LogP contribution >= 0.6 is 34.4 Å². The molecule has 0 aliphatic heterocycles. The molecule has 4 rings (SSSR count). The van der Waals surface area contributed by atoms with Gasteiger partial charge in [-0.2, -0.15) is 0 Å². The number of nitrogens with one attached hydrogen (secondary N) is 1. The fraction of sp³-hybridized carbons (Fsp3) is 0.150. The lowest BCUT2D eigenvalue weighted by atomic mass is 10.2. The monoisotopic (exact) mass is 428 g/mol. The van der Waals surface area contributed by atoms with Crippen LogP contribution in [-0.2, 0) is 12.2 Å². The smallest absolute Gasteiger partial charge is 0.206 e. The van der Waals surface area contributed by atoms with Gasteiger partial charge in [0.1, 0.15) is 10.8 Å². The van der Waals surface area contributed by atoms with E-state index >= 15 is 0 Å². The molecule has 142 valence electrons. The molecule has 0 saturated heterocycles. The predicted molar refractivity (Wildman–Crippen MR) is 116 cm³/mol. The van der Waals surface area contributed by atoms with E-state index in [1.807, 2.05) is 11.4 Å². The molecule has 1 N–H and O–H groups in total. The van der Waals surface area contributed by atoms with Crippen LogP contribution in [0.5, 0.6) is 0 Å². The van der Waals surface area contributed by atoms with Gasteiger partial charge in [0.15, 0.2) is 4.34 Å².